The third-order valence-corrected chi connectivity index (χ3v) is 19.2. The van der Waals surface area contributed by atoms with Crippen LogP contribution in [0.1, 0.15) is 134 Å². The Balaban J connectivity index is 0.000000226. The van der Waals surface area contributed by atoms with Gasteiger partial charge in [0.15, 0.2) is 0 Å². The predicted molar refractivity (Wildman–Crippen MR) is 419 cm³/mol. The Hall–Kier alpha value is -11.5. The van der Waals surface area contributed by atoms with E-state index in [4.69, 9.17) is 42.6 Å². The lowest BCUT2D eigenvalue weighted by atomic mass is 10.1. The molecule has 9 aromatic carbocycles. The standard InChI is InChI=1S/3C29H28O6S/c3*1-4-27(30)33-17-5-6-18-36-26-16-11-23(19-21(26)3)29(32)35-25-14-9-22(10-15-25)28(31)34-24-12-7-20(2)8-13-24/h3*4,7-16,19H,1,5-6,17-18H2,2-3H3. The first-order valence-corrected chi connectivity index (χ1v) is 37.4. The molecule has 9 aromatic rings. The van der Waals surface area contributed by atoms with E-state index in [9.17, 15) is 43.2 Å². The number of benzene rings is 9. The van der Waals surface area contributed by atoms with E-state index >= 15 is 0 Å². The second-order valence-corrected chi connectivity index (χ2v) is 27.5. The largest absolute Gasteiger partial charge is 0.463 e. The van der Waals surface area contributed by atoms with Crippen LogP contribution in [0.15, 0.2) is 253 Å². The van der Waals surface area contributed by atoms with Gasteiger partial charge in [-0.3, -0.25) is 0 Å². The Kier molecular flexibility index (Phi) is 34.5. The number of ether oxygens (including phenoxy) is 9. The van der Waals surface area contributed by atoms with Gasteiger partial charge in [0.1, 0.15) is 34.5 Å². The lowest BCUT2D eigenvalue weighted by molar-refractivity contribution is -0.138. The molecule has 0 atom stereocenters. The minimum atomic E-state index is -0.488. The molecule has 0 N–H and O–H groups in total. The summed E-state index contributed by atoms with van der Waals surface area (Å²) < 4.78 is 47.4. The lowest BCUT2D eigenvalue weighted by Gasteiger charge is -2.09. The molecule has 21 heteroatoms. The molecule has 9 rings (SSSR count). The predicted octanol–water partition coefficient (Wildman–Crippen LogP) is 19.0. The number of carbonyl (C=O) groups is 9. The third-order valence-electron chi connectivity index (χ3n) is 15.4. The summed E-state index contributed by atoms with van der Waals surface area (Å²) in [5.41, 5.74) is 8.53. The Morgan fingerprint density at radius 3 is 0.667 bits per heavy atom. The van der Waals surface area contributed by atoms with Gasteiger partial charge < -0.3 is 42.6 Å². The molecule has 18 nitrogen and oxygen atoms in total. The maximum Gasteiger partial charge on any atom is 0.343 e. The summed E-state index contributed by atoms with van der Waals surface area (Å²) in [6, 6.07) is 56.6. The highest BCUT2D eigenvalue weighted by atomic mass is 32.2. The lowest BCUT2D eigenvalue weighted by Crippen LogP contribution is -2.10. The minimum absolute atomic E-state index is 0.333. The van der Waals surface area contributed by atoms with E-state index in [-0.39, 0.29) is 0 Å². The van der Waals surface area contributed by atoms with E-state index < -0.39 is 53.7 Å². The van der Waals surface area contributed by atoms with Gasteiger partial charge in [0.2, 0.25) is 0 Å². The molecular weight excluding hydrogens is 1430 g/mol. The average molecular weight is 1510 g/mol. The maximum atomic E-state index is 12.6. The molecule has 0 aliphatic rings. The van der Waals surface area contributed by atoms with E-state index in [0.29, 0.717) is 87.7 Å². The molecule has 0 aromatic heterocycles. The molecule has 0 aliphatic heterocycles. The van der Waals surface area contributed by atoms with E-state index in [1.54, 1.807) is 181 Å². The molecule has 108 heavy (non-hydrogen) atoms. The van der Waals surface area contributed by atoms with Crippen molar-refractivity contribution in [1.29, 1.82) is 0 Å². The zero-order valence-electron chi connectivity index (χ0n) is 61.0. The smallest absolute Gasteiger partial charge is 0.343 e. The summed E-state index contributed by atoms with van der Waals surface area (Å²) in [6.45, 7) is 22.9. The summed E-state index contributed by atoms with van der Waals surface area (Å²) >= 11 is 5.05. The molecule has 0 fully saturated rings. The summed E-state index contributed by atoms with van der Waals surface area (Å²) in [4.78, 5) is 111. The van der Waals surface area contributed by atoms with Gasteiger partial charge in [-0.2, -0.15) is 0 Å². The summed E-state index contributed by atoms with van der Waals surface area (Å²) in [5.74, 6) is 0.892. The van der Waals surface area contributed by atoms with Crippen molar-refractivity contribution >= 4 is 89.0 Å². The normalized spacial score (nSPS) is 10.4. The zero-order valence-corrected chi connectivity index (χ0v) is 63.4. The van der Waals surface area contributed by atoms with Crippen molar-refractivity contribution < 1.29 is 85.8 Å². The van der Waals surface area contributed by atoms with Crippen LogP contribution >= 0.6 is 35.3 Å². The van der Waals surface area contributed by atoms with Crippen LogP contribution in [0.4, 0.5) is 0 Å². The maximum absolute atomic E-state index is 12.6. The van der Waals surface area contributed by atoms with Crippen LogP contribution in [0.3, 0.4) is 0 Å². The van der Waals surface area contributed by atoms with E-state index in [2.05, 4.69) is 19.7 Å². The number of hydrogen-bond acceptors (Lipinski definition) is 21. The van der Waals surface area contributed by atoms with Crippen molar-refractivity contribution in [1.82, 2.24) is 0 Å². The molecule has 0 spiro atoms. The van der Waals surface area contributed by atoms with Crippen LogP contribution in [-0.2, 0) is 28.6 Å². The highest BCUT2D eigenvalue weighted by Crippen LogP contribution is 2.30. The fourth-order valence-corrected chi connectivity index (χ4v) is 12.5. The van der Waals surface area contributed by atoms with Crippen molar-refractivity contribution in [2.75, 3.05) is 37.1 Å². The van der Waals surface area contributed by atoms with E-state index in [0.717, 1.165) is 122 Å². The first kappa shape index (κ1) is 83.7. The van der Waals surface area contributed by atoms with Crippen LogP contribution in [0.5, 0.6) is 34.5 Å². The Morgan fingerprint density at radius 2 is 0.463 bits per heavy atom. The topological polar surface area (TPSA) is 237 Å². The van der Waals surface area contributed by atoms with Crippen LogP contribution in [0.2, 0.25) is 0 Å². The summed E-state index contributed by atoms with van der Waals surface area (Å²) in [6.07, 6.45) is 8.48. The van der Waals surface area contributed by atoms with E-state index in [1.807, 2.05) is 96.1 Å². The summed E-state index contributed by atoms with van der Waals surface area (Å²) in [5, 5.41) is 0. The number of unbranched alkanes of at least 4 members (excludes halogenated alkanes) is 3. The van der Waals surface area contributed by atoms with Crippen molar-refractivity contribution in [2.24, 2.45) is 0 Å². The summed E-state index contributed by atoms with van der Waals surface area (Å²) in [7, 11) is 0. The minimum Gasteiger partial charge on any atom is -0.463 e. The van der Waals surface area contributed by atoms with Gasteiger partial charge in [0.05, 0.1) is 53.2 Å². The molecule has 0 radical (unpaired) electrons. The first-order chi connectivity index (χ1) is 52.1. The van der Waals surface area contributed by atoms with Crippen LogP contribution < -0.4 is 28.4 Å². The quantitative estimate of drug-likeness (QED) is 0.00928. The van der Waals surface area contributed by atoms with Crippen LogP contribution in [-0.4, -0.2) is 90.8 Å². The van der Waals surface area contributed by atoms with Crippen molar-refractivity contribution in [3.63, 3.8) is 0 Å². The number of carbonyl (C=O) groups excluding carboxylic acids is 9. The van der Waals surface area contributed by atoms with Gasteiger partial charge in [-0.15, -0.1) is 35.3 Å². The number of rotatable bonds is 33. The van der Waals surface area contributed by atoms with Gasteiger partial charge in [-0.1, -0.05) is 72.8 Å². The van der Waals surface area contributed by atoms with Gasteiger partial charge in [-0.05, 0) is 278 Å². The Morgan fingerprint density at radius 1 is 0.269 bits per heavy atom. The van der Waals surface area contributed by atoms with Gasteiger partial charge in [-0.25, -0.2) is 43.2 Å². The van der Waals surface area contributed by atoms with Gasteiger partial charge in [0, 0.05) is 32.9 Å². The second-order valence-electron chi connectivity index (χ2n) is 24.1. The number of esters is 9. The number of thioether (sulfide) groups is 3. The van der Waals surface area contributed by atoms with Gasteiger partial charge in [0.25, 0.3) is 0 Å². The average Bonchev–Trinajstić information content (AvgIpc) is 0.852. The second kappa shape index (κ2) is 44.4. The highest BCUT2D eigenvalue weighted by Gasteiger charge is 2.18. The Bertz CT molecular complexity index is 4110. The van der Waals surface area contributed by atoms with Crippen LogP contribution in [0, 0.1) is 41.5 Å². The van der Waals surface area contributed by atoms with Crippen molar-refractivity contribution in [3.8, 4) is 34.5 Å². The Labute approximate surface area is 642 Å². The highest BCUT2D eigenvalue weighted by molar-refractivity contribution is 7.99. The molecule has 0 amide bonds. The van der Waals surface area contributed by atoms with E-state index in [1.165, 1.54) is 0 Å². The van der Waals surface area contributed by atoms with Crippen LogP contribution in [0.25, 0.3) is 0 Å². The molecule has 558 valence electrons. The van der Waals surface area contributed by atoms with Crippen molar-refractivity contribution in [3.05, 3.63) is 305 Å². The zero-order chi connectivity index (χ0) is 77.7. The molecule has 0 aliphatic carbocycles. The monoisotopic (exact) mass is 1510 g/mol. The molecular formula is C87H84O18S3. The molecule has 0 saturated heterocycles. The SMILES string of the molecule is C=CC(=O)OCCCCSc1ccc(C(=O)Oc2ccc(C(=O)Oc3ccc(C)cc3)cc2)cc1C.C=CC(=O)OCCCCSc1ccc(C(=O)Oc2ccc(C(=O)Oc3ccc(C)cc3)cc2)cc1C.C=CC(=O)OCCCCSc1ccc(C(=O)Oc2ccc(C(=O)Oc3ccc(C)cc3)cc2)cc1C. The van der Waals surface area contributed by atoms with Crippen molar-refractivity contribution in [2.45, 2.75) is 94.8 Å². The fraction of sp³-hybridized carbons (Fsp3) is 0.207. The molecule has 0 bridgehead atoms. The molecule has 0 saturated carbocycles. The molecule has 0 unspecified atom stereocenters. The number of aryl methyl sites for hydroxylation is 6. The fourth-order valence-electron chi connectivity index (χ4n) is 9.46. The number of hydrogen-bond donors (Lipinski definition) is 0. The molecule has 0 heterocycles. The first-order valence-electron chi connectivity index (χ1n) is 34.5. The third kappa shape index (κ3) is 29.1. The van der Waals surface area contributed by atoms with Gasteiger partial charge >= 0.3 is 53.7 Å².